The molecule has 0 radical (unpaired) electrons. The molecule has 0 aliphatic carbocycles. The minimum absolute atomic E-state index is 0.696. The molecule has 2 aromatic rings. The number of aromatic nitrogens is 3. The highest BCUT2D eigenvalue weighted by molar-refractivity contribution is 7.99. The molecule has 0 saturated carbocycles. The van der Waals surface area contributed by atoms with Crippen LogP contribution < -0.4 is 5.73 Å². The lowest BCUT2D eigenvalue weighted by molar-refractivity contribution is 0.692. The summed E-state index contributed by atoms with van der Waals surface area (Å²) in [5.41, 5.74) is 7.50. The van der Waals surface area contributed by atoms with Crippen molar-refractivity contribution in [2.45, 2.75) is 17.0 Å². The third-order valence-corrected chi connectivity index (χ3v) is 3.09. The number of hydrogen-bond donors (Lipinski definition) is 1. The molecule has 0 aliphatic heterocycles. The molecule has 78 valence electrons. The molecule has 0 atom stereocenters. The Balaban J connectivity index is 2.29. The smallest absolute Gasteiger partial charge is 0.125 e. The fourth-order valence-corrected chi connectivity index (χ4v) is 2.17. The van der Waals surface area contributed by atoms with Gasteiger partial charge in [-0.1, -0.05) is 0 Å². The summed E-state index contributed by atoms with van der Waals surface area (Å²) in [6.45, 7) is 1.96. The molecule has 2 aromatic heterocycles. The fraction of sp³-hybridized carbons (Fsp3) is 0.200. The van der Waals surface area contributed by atoms with Gasteiger partial charge in [-0.05, 0) is 36.9 Å². The molecule has 0 bridgehead atoms. The second-order valence-electron chi connectivity index (χ2n) is 3.25. The molecular formula is C10H12N4S. The summed E-state index contributed by atoms with van der Waals surface area (Å²) in [4.78, 5) is 4.22. The van der Waals surface area contributed by atoms with Gasteiger partial charge < -0.3 is 5.73 Å². The van der Waals surface area contributed by atoms with Crippen molar-refractivity contribution in [3.05, 3.63) is 30.1 Å². The molecule has 0 amide bonds. The first-order valence-corrected chi connectivity index (χ1v) is 5.37. The zero-order valence-corrected chi connectivity index (χ0v) is 9.45. The van der Waals surface area contributed by atoms with Crippen LogP contribution in [0.25, 0.3) is 0 Å². The van der Waals surface area contributed by atoms with Gasteiger partial charge in [0.1, 0.15) is 10.1 Å². The summed E-state index contributed by atoms with van der Waals surface area (Å²) >= 11 is 1.53. The second-order valence-corrected chi connectivity index (χ2v) is 4.26. The number of pyridine rings is 1. The van der Waals surface area contributed by atoms with Gasteiger partial charge in [0, 0.05) is 13.2 Å². The van der Waals surface area contributed by atoms with Crippen LogP contribution >= 0.6 is 11.8 Å². The maximum absolute atomic E-state index is 5.81. The van der Waals surface area contributed by atoms with Crippen LogP contribution in [0.2, 0.25) is 0 Å². The van der Waals surface area contributed by atoms with E-state index in [4.69, 9.17) is 5.73 Å². The number of nitrogens with zero attached hydrogens (tertiary/aromatic N) is 3. The summed E-state index contributed by atoms with van der Waals surface area (Å²) in [5.74, 6) is 0. The van der Waals surface area contributed by atoms with E-state index >= 15 is 0 Å². The van der Waals surface area contributed by atoms with E-state index in [0.29, 0.717) is 5.69 Å². The maximum atomic E-state index is 5.81. The lowest BCUT2D eigenvalue weighted by atomic mass is 10.4. The first kappa shape index (κ1) is 10.0. The van der Waals surface area contributed by atoms with Crippen molar-refractivity contribution in [1.82, 2.24) is 14.8 Å². The lowest BCUT2D eigenvalue weighted by Gasteiger charge is -2.03. The number of anilines is 1. The Kier molecular flexibility index (Phi) is 2.64. The predicted octanol–water partition coefficient (Wildman–Crippen LogP) is 1.86. The van der Waals surface area contributed by atoms with Gasteiger partial charge in [-0.15, -0.1) is 0 Å². The van der Waals surface area contributed by atoms with Gasteiger partial charge in [0.15, 0.2) is 0 Å². The van der Waals surface area contributed by atoms with Gasteiger partial charge in [-0.2, -0.15) is 5.10 Å². The molecule has 0 aromatic carbocycles. The summed E-state index contributed by atoms with van der Waals surface area (Å²) < 4.78 is 1.83. The van der Waals surface area contributed by atoms with Crippen LogP contribution in [0, 0.1) is 6.92 Å². The molecule has 4 nitrogen and oxygen atoms in total. The zero-order valence-electron chi connectivity index (χ0n) is 8.64. The summed E-state index contributed by atoms with van der Waals surface area (Å²) in [6, 6.07) is 5.69. The van der Waals surface area contributed by atoms with Crippen LogP contribution in [0.15, 0.2) is 34.4 Å². The molecule has 5 heteroatoms. The van der Waals surface area contributed by atoms with Gasteiger partial charge in [0.05, 0.1) is 11.4 Å². The molecule has 0 unspecified atom stereocenters. The quantitative estimate of drug-likeness (QED) is 0.839. The van der Waals surface area contributed by atoms with E-state index in [1.165, 1.54) is 11.8 Å². The van der Waals surface area contributed by atoms with E-state index in [9.17, 15) is 0 Å². The van der Waals surface area contributed by atoms with Crippen molar-refractivity contribution in [1.29, 1.82) is 0 Å². The van der Waals surface area contributed by atoms with Crippen molar-refractivity contribution in [3.8, 4) is 0 Å². The summed E-state index contributed by atoms with van der Waals surface area (Å²) in [7, 11) is 1.91. The number of rotatable bonds is 2. The summed E-state index contributed by atoms with van der Waals surface area (Å²) in [5, 5.41) is 6.12. The Morgan fingerprint density at radius 2 is 2.27 bits per heavy atom. The summed E-state index contributed by atoms with van der Waals surface area (Å²) in [6.07, 6.45) is 1.74. The van der Waals surface area contributed by atoms with Crippen molar-refractivity contribution in [2.75, 3.05) is 5.73 Å². The van der Waals surface area contributed by atoms with E-state index in [-0.39, 0.29) is 0 Å². The van der Waals surface area contributed by atoms with E-state index in [0.717, 1.165) is 15.7 Å². The largest absolute Gasteiger partial charge is 0.397 e. The van der Waals surface area contributed by atoms with Crippen LogP contribution in [-0.4, -0.2) is 14.8 Å². The first-order chi connectivity index (χ1) is 7.16. The zero-order chi connectivity index (χ0) is 10.8. The topological polar surface area (TPSA) is 56.7 Å². The van der Waals surface area contributed by atoms with Gasteiger partial charge >= 0.3 is 0 Å². The fourth-order valence-electron chi connectivity index (χ4n) is 1.27. The minimum Gasteiger partial charge on any atom is -0.397 e. The van der Waals surface area contributed by atoms with Crippen molar-refractivity contribution < 1.29 is 0 Å². The average molecular weight is 220 g/mol. The second kappa shape index (κ2) is 3.94. The first-order valence-electron chi connectivity index (χ1n) is 4.56. The Hall–Kier alpha value is -1.49. The predicted molar refractivity (Wildman–Crippen MR) is 60.7 cm³/mol. The maximum Gasteiger partial charge on any atom is 0.125 e. The van der Waals surface area contributed by atoms with Crippen molar-refractivity contribution in [3.63, 3.8) is 0 Å². The Labute approximate surface area is 92.5 Å². The van der Waals surface area contributed by atoms with E-state index in [1.807, 2.05) is 36.9 Å². The Bertz CT molecular complexity index is 478. The highest BCUT2D eigenvalue weighted by Crippen LogP contribution is 2.29. The number of nitrogens with two attached hydrogens (primary N) is 1. The number of nitrogen functional groups attached to an aromatic ring is 1. The van der Waals surface area contributed by atoms with Gasteiger partial charge in [-0.3, -0.25) is 4.68 Å². The van der Waals surface area contributed by atoms with Crippen LogP contribution in [0.4, 0.5) is 5.69 Å². The normalized spacial score (nSPS) is 10.5. The average Bonchev–Trinajstić information content (AvgIpc) is 2.49. The SMILES string of the molecule is Cc1cc(Sc2ncccc2N)n(C)n1. The monoisotopic (exact) mass is 220 g/mol. The van der Waals surface area contributed by atoms with Gasteiger partial charge in [0.2, 0.25) is 0 Å². The molecule has 15 heavy (non-hydrogen) atoms. The van der Waals surface area contributed by atoms with Gasteiger partial charge in [-0.25, -0.2) is 4.98 Å². The number of aryl methyl sites for hydroxylation is 2. The molecule has 2 heterocycles. The molecular weight excluding hydrogens is 208 g/mol. The van der Waals surface area contributed by atoms with E-state index < -0.39 is 0 Å². The lowest BCUT2D eigenvalue weighted by Crippen LogP contribution is -1.95. The van der Waals surface area contributed by atoms with Crippen molar-refractivity contribution >= 4 is 17.4 Å². The van der Waals surface area contributed by atoms with Crippen LogP contribution in [0.1, 0.15) is 5.69 Å². The molecule has 0 spiro atoms. The Morgan fingerprint density at radius 3 is 2.87 bits per heavy atom. The molecule has 2 N–H and O–H groups in total. The molecule has 2 rings (SSSR count). The molecule has 0 aliphatic rings. The van der Waals surface area contributed by atoms with Crippen molar-refractivity contribution in [2.24, 2.45) is 7.05 Å². The number of hydrogen-bond acceptors (Lipinski definition) is 4. The molecule has 0 saturated heterocycles. The third kappa shape index (κ3) is 2.12. The Morgan fingerprint density at radius 1 is 1.47 bits per heavy atom. The van der Waals surface area contributed by atoms with Crippen LogP contribution in [-0.2, 0) is 7.05 Å². The highest BCUT2D eigenvalue weighted by atomic mass is 32.2. The van der Waals surface area contributed by atoms with E-state index in [2.05, 4.69) is 10.1 Å². The highest BCUT2D eigenvalue weighted by Gasteiger charge is 2.07. The third-order valence-electron chi connectivity index (χ3n) is 1.96. The van der Waals surface area contributed by atoms with Crippen LogP contribution in [0.3, 0.4) is 0 Å². The van der Waals surface area contributed by atoms with E-state index in [1.54, 1.807) is 6.20 Å². The standard InChI is InChI=1S/C10H12N4S/c1-7-6-9(14(2)13-7)15-10-8(11)4-3-5-12-10/h3-6H,11H2,1-2H3. The molecule has 0 fully saturated rings. The minimum atomic E-state index is 0.696. The van der Waals surface area contributed by atoms with Gasteiger partial charge in [0.25, 0.3) is 0 Å². The van der Waals surface area contributed by atoms with Crippen LogP contribution in [0.5, 0.6) is 0 Å².